The van der Waals surface area contributed by atoms with Crippen LogP contribution in [0, 0.1) is 11.6 Å². The molecule has 2 nitrogen and oxygen atoms in total. The Morgan fingerprint density at radius 3 is 2.50 bits per heavy atom. The predicted octanol–water partition coefficient (Wildman–Crippen LogP) is 1.52. The van der Waals surface area contributed by atoms with Gasteiger partial charge in [-0.3, -0.25) is 0 Å². The quantitative estimate of drug-likeness (QED) is 0.778. The second-order valence-corrected chi connectivity index (χ2v) is 3.07. The minimum atomic E-state index is -1.07. The predicted molar refractivity (Wildman–Crippen MR) is 49.8 cm³/mol. The molecule has 0 aliphatic carbocycles. The molecule has 0 radical (unpaired) electrons. The van der Waals surface area contributed by atoms with Gasteiger partial charge in [-0.15, -0.1) is 0 Å². The van der Waals surface area contributed by atoms with Crippen LogP contribution in [0.2, 0.25) is 0 Å². The molecule has 0 heterocycles. The number of benzene rings is 1. The lowest BCUT2D eigenvalue weighted by Crippen LogP contribution is -2.13. The number of hydrogen-bond acceptors (Lipinski definition) is 2. The summed E-state index contributed by atoms with van der Waals surface area (Å²) >= 11 is 0. The standard InChI is InChI=1S/C10H13F2NO/c1-2-6-3-7(10(14)5-13)9(12)4-8(6)11/h3-4,10,14H,2,5,13H2,1H3. The highest BCUT2D eigenvalue weighted by atomic mass is 19.1. The Morgan fingerprint density at radius 1 is 1.36 bits per heavy atom. The molecule has 1 aromatic carbocycles. The molecule has 0 aromatic heterocycles. The summed E-state index contributed by atoms with van der Waals surface area (Å²) in [6, 6.07) is 2.11. The van der Waals surface area contributed by atoms with Gasteiger partial charge in [0, 0.05) is 18.2 Å². The highest BCUT2D eigenvalue weighted by molar-refractivity contribution is 5.28. The minimum absolute atomic E-state index is 0.0609. The Morgan fingerprint density at radius 2 is 2.00 bits per heavy atom. The van der Waals surface area contributed by atoms with E-state index in [1.807, 2.05) is 0 Å². The molecule has 1 unspecified atom stereocenters. The monoisotopic (exact) mass is 201 g/mol. The zero-order chi connectivity index (χ0) is 10.7. The van der Waals surface area contributed by atoms with E-state index in [2.05, 4.69) is 0 Å². The maximum Gasteiger partial charge on any atom is 0.131 e. The molecule has 0 spiro atoms. The third kappa shape index (κ3) is 2.08. The molecule has 78 valence electrons. The highest BCUT2D eigenvalue weighted by Crippen LogP contribution is 2.20. The van der Waals surface area contributed by atoms with Crippen LogP contribution in [-0.4, -0.2) is 11.7 Å². The lowest BCUT2D eigenvalue weighted by atomic mass is 10.0. The van der Waals surface area contributed by atoms with E-state index >= 15 is 0 Å². The van der Waals surface area contributed by atoms with Crippen molar-refractivity contribution in [1.82, 2.24) is 0 Å². The number of aliphatic hydroxyl groups is 1. The number of nitrogens with two attached hydrogens (primary N) is 1. The summed E-state index contributed by atoms with van der Waals surface area (Å²) in [5, 5.41) is 9.33. The third-order valence-electron chi connectivity index (χ3n) is 2.13. The van der Waals surface area contributed by atoms with Gasteiger partial charge < -0.3 is 10.8 Å². The maximum absolute atomic E-state index is 13.1. The third-order valence-corrected chi connectivity index (χ3v) is 2.13. The van der Waals surface area contributed by atoms with E-state index in [-0.39, 0.29) is 12.1 Å². The summed E-state index contributed by atoms with van der Waals surface area (Å²) in [4.78, 5) is 0. The molecule has 3 N–H and O–H groups in total. The first-order chi connectivity index (χ1) is 6.60. The Kier molecular flexibility index (Phi) is 3.55. The van der Waals surface area contributed by atoms with E-state index in [9.17, 15) is 13.9 Å². The second-order valence-electron chi connectivity index (χ2n) is 3.07. The fraction of sp³-hybridized carbons (Fsp3) is 0.400. The van der Waals surface area contributed by atoms with Gasteiger partial charge in [-0.25, -0.2) is 8.78 Å². The van der Waals surface area contributed by atoms with Gasteiger partial charge in [0.25, 0.3) is 0 Å². The summed E-state index contributed by atoms with van der Waals surface area (Å²) < 4.78 is 26.2. The van der Waals surface area contributed by atoms with Crippen LogP contribution in [0.4, 0.5) is 8.78 Å². The minimum Gasteiger partial charge on any atom is -0.387 e. The number of aryl methyl sites for hydroxylation is 1. The summed E-state index contributed by atoms with van der Waals surface area (Å²) in [5.41, 5.74) is 5.64. The lowest BCUT2D eigenvalue weighted by Gasteiger charge is -2.11. The topological polar surface area (TPSA) is 46.2 Å². The van der Waals surface area contributed by atoms with Crippen molar-refractivity contribution in [2.24, 2.45) is 5.73 Å². The average molecular weight is 201 g/mol. The average Bonchev–Trinajstić information content (AvgIpc) is 2.17. The van der Waals surface area contributed by atoms with Crippen molar-refractivity contribution in [2.45, 2.75) is 19.4 Å². The van der Waals surface area contributed by atoms with Gasteiger partial charge in [-0.05, 0) is 18.1 Å². The molecule has 4 heteroatoms. The molecule has 14 heavy (non-hydrogen) atoms. The van der Waals surface area contributed by atoms with Crippen molar-refractivity contribution in [3.63, 3.8) is 0 Å². The van der Waals surface area contributed by atoms with Crippen LogP contribution in [0.15, 0.2) is 12.1 Å². The molecule has 1 rings (SSSR count). The van der Waals surface area contributed by atoms with Gasteiger partial charge in [0.15, 0.2) is 0 Å². The van der Waals surface area contributed by atoms with E-state index < -0.39 is 17.7 Å². The maximum atomic E-state index is 13.1. The van der Waals surface area contributed by atoms with Gasteiger partial charge in [0.05, 0.1) is 6.10 Å². The Balaban J connectivity index is 3.17. The molecular formula is C10H13F2NO. The van der Waals surface area contributed by atoms with Crippen LogP contribution in [-0.2, 0) is 6.42 Å². The van der Waals surface area contributed by atoms with Crippen molar-refractivity contribution < 1.29 is 13.9 Å². The summed E-state index contributed by atoms with van der Waals surface area (Å²) in [7, 11) is 0. The first-order valence-electron chi connectivity index (χ1n) is 4.46. The van der Waals surface area contributed by atoms with Crippen LogP contribution in [0.5, 0.6) is 0 Å². The number of hydrogen-bond donors (Lipinski definition) is 2. The number of halogens is 2. The fourth-order valence-corrected chi connectivity index (χ4v) is 1.27. The van der Waals surface area contributed by atoms with E-state index in [0.29, 0.717) is 12.0 Å². The van der Waals surface area contributed by atoms with Crippen molar-refractivity contribution in [2.75, 3.05) is 6.54 Å². The van der Waals surface area contributed by atoms with Gasteiger partial charge >= 0.3 is 0 Å². The summed E-state index contributed by atoms with van der Waals surface area (Å²) in [5.74, 6) is -1.34. The van der Waals surface area contributed by atoms with Gasteiger partial charge in [0.2, 0.25) is 0 Å². The van der Waals surface area contributed by atoms with Crippen LogP contribution < -0.4 is 5.73 Å². The van der Waals surface area contributed by atoms with Crippen molar-refractivity contribution >= 4 is 0 Å². The molecule has 0 saturated heterocycles. The van der Waals surface area contributed by atoms with Gasteiger partial charge in [-0.1, -0.05) is 6.92 Å². The van der Waals surface area contributed by atoms with E-state index in [1.165, 1.54) is 6.07 Å². The van der Waals surface area contributed by atoms with Crippen molar-refractivity contribution in [1.29, 1.82) is 0 Å². The molecule has 1 atom stereocenters. The van der Waals surface area contributed by atoms with Gasteiger partial charge in [-0.2, -0.15) is 0 Å². The molecule has 0 fully saturated rings. The van der Waals surface area contributed by atoms with Crippen molar-refractivity contribution in [3.05, 3.63) is 34.9 Å². The molecule has 0 bridgehead atoms. The number of aliphatic hydroxyl groups excluding tert-OH is 1. The summed E-state index contributed by atoms with van der Waals surface area (Å²) in [6.07, 6.45) is -0.614. The zero-order valence-electron chi connectivity index (χ0n) is 7.93. The zero-order valence-corrected chi connectivity index (χ0v) is 7.93. The van der Waals surface area contributed by atoms with Gasteiger partial charge in [0.1, 0.15) is 11.6 Å². The highest BCUT2D eigenvalue weighted by Gasteiger charge is 2.14. The van der Waals surface area contributed by atoms with E-state index in [0.717, 1.165) is 6.07 Å². The molecular weight excluding hydrogens is 188 g/mol. The number of rotatable bonds is 3. The first kappa shape index (κ1) is 11.1. The molecule has 0 amide bonds. The Hall–Kier alpha value is -1.00. The van der Waals surface area contributed by atoms with E-state index in [1.54, 1.807) is 6.92 Å². The molecule has 1 aromatic rings. The van der Waals surface area contributed by atoms with Crippen LogP contribution >= 0.6 is 0 Å². The van der Waals surface area contributed by atoms with Crippen LogP contribution in [0.25, 0.3) is 0 Å². The van der Waals surface area contributed by atoms with E-state index in [4.69, 9.17) is 5.73 Å². The Labute approximate surface area is 81.4 Å². The lowest BCUT2D eigenvalue weighted by molar-refractivity contribution is 0.181. The Bertz CT molecular complexity index is 328. The molecule has 0 aliphatic heterocycles. The smallest absolute Gasteiger partial charge is 0.131 e. The SMILES string of the molecule is CCc1cc(C(O)CN)c(F)cc1F. The van der Waals surface area contributed by atoms with Crippen LogP contribution in [0.1, 0.15) is 24.2 Å². The fourth-order valence-electron chi connectivity index (χ4n) is 1.27. The second kappa shape index (κ2) is 4.48. The molecule has 0 saturated carbocycles. The van der Waals surface area contributed by atoms with Crippen LogP contribution in [0.3, 0.4) is 0 Å². The normalized spacial score (nSPS) is 12.9. The molecule has 0 aliphatic rings. The summed E-state index contributed by atoms with van der Waals surface area (Å²) in [6.45, 7) is 1.68. The first-order valence-corrected chi connectivity index (χ1v) is 4.46. The largest absolute Gasteiger partial charge is 0.387 e. The van der Waals surface area contributed by atoms with Crippen molar-refractivity contribution in [3.8, 4) is 0 Å².